The molecule has 2 unspecified atom stereocenters. The average Bonchev–Trinajstić information content (AvgIpc) is 3.14. The fourth-order valence-corrected chi connectivity index (χ4v) is 4.92. The third-order valence-electron chi connectivity index (χ3n) is 6.98. The molecule has 0 spiro atoms. The van der Waals surface area contributed by atoms with Crippen molar-refractivity contribution in [2.45, 2.75) is 78.7 Å². The molecule has 6 heteroatoms. The molecule has 1 fully saturated rings. The number of allylic oxidation sites excluding steroid dienone is 4. The first-order chi connectivity index (χ1) is 17.0. The predicted octanol–water partition coefficient (Wildman–Crippen LogP) is 5.12. The van der Waals surface area contributed by atoms with Gasteiger partial charge in [-0.1, -0.05) is 44.2 Å². The van der Waals surface area contributed by atoms with Gasteiger partial charge in [0.2, 0.25) is 0 Å². The van der Waals surface area contributed by atoms with Gasteiger partial charge in [-0.15, -0.1) is 0 Å². The number of nitrogens with one attached hydrogen (secondary N) is 4. The molecule has 5 N–H and O–H groups in total. The lowest BCUT2D eigenvalue weighted by molar-refractivity contribution is -0.115. The van der Waals surface area contributed by atoms with Crippen LogP contribution < -0.4 is 16.0 Å². The summed E-state index contributed by atoms with van der Waals surface area (Å²) in [5.41, 5.74) is 6.29. The summed E-state index contributed by atoms with van der Waals surface area (Å²) in [6.45, 7) is 12.7. The number of amidine groups is 1. The van der Waals surface area contributed by atoms with Crippen molar-refractivity contribution in [1.82, 2.24) is 16.0 Å². The summed E-state index contributed by atoms with van der Waals surface area (Å²) in [6.07, 6.45) is 11.3. The maximum absolute atomic E-state index is 13.0. The monoisotopic (exact) mass is 490 g/mol. The largest absolute Gasteiger partial charge is 0.391 e. The molecular weight excluding hydrogens is 448 g/mol. The van der Waals surface area contributed by atoms with E-state index in [4.69, 9.17) is 5.41 Å². The van der Waals surface area contributed by atoms with Gasteiger partial charge in [-0.3, -0.25) is 10.2 Å². The lowest BCUT2D eigenvalue weighted by atomic mass is 9.76. The molecule has 3 rings (SSSR count). The highest BCUT2D eigenvalue weighted by atomic mass is 16.3. The zero-order chi connectivity index (χ0) is 26.5. The Morgan fingerprint density at radius 3 is 2.67 bits per heavy atom. The molecule has 1 heterocycles. The van der Waals surface area contributed by atoms with E-state index in [2.05, 4.69) is 67.1 Å². The Balaban J connectivity index is 1.78. The Bertz CT molecular complexity index is 1120. The Morgan fingerprint density at radius 1 is 1.25 bits per heavy atom. The van der Waals surface area contributed by atoms with Gasteiger partial charge in [0, 0.05) is 35.6 Å². The van der Waals surface area contributed by atoms with Gasteiger partial charge in [0.15, 0.2) is 0 Å². The number of hydrogen-bond acceptors (Lipinski definition) is 4. The third-order valence-corrected chi connectivity index (χ3v) is 6.98. The van der Waals surface area contributed by atoms with Crippen molar-refractivity contribution in [3.63, 3.8) is 0 Å². The molecule has 1 aliphatic carbocycles. The molecule has 1 aromatic rings. The van der Waals surface area contributed by atoms with Crippen LogP contribution in [0.15, 0.2) is 65.2 Å². The number of hydrogen-bond donors (Lipinski definition) is 5. The van der Waals surface area contributed by atoms with E-state index in [1.54, 1.807) is 26.1 Å². The number of rotatable bonds is 10. The summed E-state index contributed by atoms with van der Waals surface area (Å²) in [6, 6.07) is 6.71. The number of benzene rings is 1. The first kappa shape index (κ1) is 27.5. The number of amides is 1. The molecular formula is C30H42N4O2. The van der Waals surface area contributed by atoms with Crippen molar-refractivity contribution >= 4 is 11.7 Å². The average molecular weight is 491 g/mol. The topological polar surface area (TPSA) is 97.2 Å². The maximum Gasteiger partial charge on any atom is 0.258 e. The lowest BCUT2D eigenvalue weighted by Crippen LogP contribution is -2.23. The van der Waals surface area contributed by atoms with E-state index in [9.17, 15) is 9.90 Å². The van der Waals surface area contributed by atoms with E-state index in [1.807, 2.05) is 6.92 Å². The van der Waals surface area contributed by atoms with Crippen LogP contribution in [0.5, 0.6) is 0 Å². The molecule has 1 saturated heterocycles. The molecule has 0 radical (unpaired) electrons. The van der Waals surface area contributed by atoms with Crippen molar-refractivity contribution in [2.75, 3.05) is 6.54 Å². The van der Waals surface area contributed by atoms with E-state index in [1.165, 1.54) is 16.7 Å². The van der Waals surface area contributed by atoms with E-state index in [-0.39, 0.29) is 17.7 Å². The van der Waals surface area contributed by atoms with Crippen molar-refractivity contribution in [2.24, 2.45) is 5.92 Å². The molecule has 0 aromatic heterocycles. The number of fused-ring (bicyclic) bond motifs is 1. The van der Waals surface area contributed by atoms with Gasteiger partial charge in [-0.25, -0.2) is 0 Å². The van der Waals surface area contributed by atoms with Crippen LogP contribution in [0.4, 0.5) is 0 Å². The standard InChI is InChI=1S/C30H42N4O2/c1-7-21-11-10-19(3)23(16-21)24-18-25-26(17-22(24)8-2)34-29(35)28(25)20(4)33-27(31)12-15-32-14-9-13-30(5,6)36/h10-12,15-18,22,24,32,36H,7-9,13-14H2,1-6H3,(H2,31,33)(H,34,35)/b15-12-,28-20-. The summed E-state index contributed by atoms with van der Waals surface area (Å²) >= 11 is 0. The van der Waals surface area contributed by atoms with Crippen LogP contribution in [0.2, 0.25) is 0 Å². The predicted molar refractivity (Wildman–Crippen MR) is 148 cm³/mol. The van der Waals surface area contributed by atoms with Crippen LogP contribution in [-0.2, 0) is 11.2 Å². The minimum absolute atomic E-state index is 0.131. The van der Waals surface area contributed by atoms with Crippen molar-refractivity contribution in [3.8, 4) is 0 Å². The summed E-state index contributed by atoms with van der Waals surface area (Å²) in [5.74, 6) is 0.578. The second-order valence-electron chi connectivity index (χ2n) is 10.5. The number of aryl methyl sites for hydroxylation is 2. The minimum Gasteiger partial charge on any atom is -0.391 e. The van der Waals surface area contributed by atoms with Crippen molar-refractivity contribution < 1.29 is 9.90 Å². The number of carbonyl (C=O) groups is 1. The van der Waals surface area contributed by atoms with Crippen LogP contribution >= 0.6 is 0 Å². The van der Waals surface area contributed by atoms with Crippen molar-refractivity contribution in [3.05, 3.63) is 81.9 Å². The minimum atomic E-state index is -0.667. The highest BCUT2D eigenvalue weighted by Crippen LogP contribution is 2.42. The molecule has 1 aromatic carbocycles. The second-order valence-corrected chi connectivity index (χ2v) is 10.5. The Kier molecular flexibility index (Phi) is 8.96. The Labute approximate surface area is 216 Å². The maximum atomic E-state index is 13.0. The fourth-order valence-electron chi connectivity index (χ4n) is 4.92. The molecule has 2 atom stereocenters. The zero-order valence-electron chi connectivity index (χ0n) is 22.6. The van der Waals surface area contributed by atoms with Gasteiger partial charge in [0.1, 0.15) is 5.84 Å². The second kappa shape index (κ2) is 11.7. The molecule has 6 nitrogen and oxygen atoms in total. The summed E-state index contributed by atoms with van der Waals surface area (Å²) in [4.78, 5) is 13.0. The van der Waals surface area contributed by atoms with Crippen LogP contribution in [0, 0.1) is 18.3 Å². The molecule has 0 saturated carbocycles. The van der Waals surface area contributed by atoms with Crippen LogP contribution in [0.1, 0.15) is 76.5 Å². The summed E-state index contributed by atoms with van der Waals surface area (Å²) < 4.78 is 0. The fraction of sp³-hybridized carbons (Fsp3) is 0.467. The SMILES string of the molecule is CCc1ccc(C)c(C2C=C3C(=CC2CC)NC(=O)/C3=C(/C)NC(=N)/C=C\NCCCC(C)(C)O)c1. The summed E-state index contributed by atoms with van der Waals surface area (Å²) in [5, 5.41) is 27.3. The number of aliphatic hydroxyl groups is 1. The molecule has 2 aliphatic rings. The van der Waals surface area contributed by atoms with Crippen molar-refractivity contribution in [1.29, 1.82) is 5.41 Å². The first-order valence-corrected chi connectivity index (χ1v) is 13.1. The van der Waals surface area contributed by atoms with E-state index in [0.717, 1.165) is 37.1 Å². The zero-order valence-corrected chi connectivity index (χ0v) is 22.6. The number of carbonyl (C=O) groups excluding carboxylic acids is 1. The molecule has 0 bridgehead atoms. The molecule has 1 aliphatic heterocycles. The van der Waals surface area contributed by atoms with Crippen LogP contribution in [0.3, 0.4) is 0 Å². The van der Waals surface area contributed by atoms with Gasteiger partial charge in [0.25, 0.3) is 5.91 Å². The van der Waals surface area contributed by atoms with E-state index >= 15 is 0 Å². The van der Waals surface area contributed by atoms with Gasteiger partial charge in [0.05, 0.1) is 11.2 Å². The quantitative estimate of drug-likeness (QED) is 0.136. The van der Waals surface area contributed by atoms with Gasteiger partial charge >= 0.3 is 0 Å². The molecule has 1 amide bonds. The van der Waals surface area contributed by atoms with Crippen LogP contribution in [0.25, 0.3) is 0 Å². The van der Waals surface area contributed by atoms with Gasteiger partial charge < -0.3 is 21.1 Å². The molecule has 36 heavy (non-hydrogen) atoms. The van der Waals surface area contributed by atoms with Gasteiger partial charge in [-0.2, -0.15) is 0 Å². The Morgan fingerprint density at radius 2 is 2.00 bits per heavy atom. The lowest BCUT2D eigenvalue weighted by Gasteiger charge is -2.28. The normalized spacial score (nSPS) is 21.0. The third kappa shape index (κ3) is 6.76. The smallest absolute Gasteiger partial charge is 0.258 e. The highest BCUT2D eigenvalue weighted by molar-refractivity contribution is 6.06. The highest BCUT2D eigenvalue weighted by Gasteiger charge is 2.35. The van der Waals surface area contributed by atoms with E-state index in [0.29, 0.717) is 23.6 Å². The van der Waals surface area contributed by atoms with E-state index < -0.39 is 5.60 Å². The van der Waals surface area contributed by atoms with Gasteiger partial charge in [-0.05, 0) is 82.1 Å². The first-order valence-electron chi connectivity index (χ1n) is 13.1. The Hall–Kier alpha value is -3.12. The summed E-state index contributed by atoms with van der Waals surface area (Å²) in [7, 11) is 0. The van der Waals surface area contributed by atoms with Crippen LogP contribution in [-0.4, -0.2) is 29.0 Å². The molecule has 194 valence electrons.